The second-order valence-corrected chi connectivity index (χ2v) is 12.5. The molecule has 2 aliphatic carbocycles. The van der Waals surface area contributed by atoms with Gasteiger partial charge in [-0.05, 0) is 28.4 Å². The van der Waals surface area contributed by atoms with Crippen LogP contribution in [0.2, 0.25) is 0 Å². The normalized spacial score (nSPS) is 12.1. The van der Waals surface area contributed by atoms with Crippen molar-refractivity contribution >= 4 is 4.21 Å². The molecule has 1 heteroatoms. The van der Waals surface area contributed by atoms with Crippen molar-refractivity contribution in [1.82, 2.24) is 0 Å². The summed E-state index contributed by atoms with van der Waals surface area (Å²) >= 11 is 1.30. The van der Waals surface area contributed by atoms with Crippen molar-refractivity contribution in [1.29, 1.82) is 0 Å². The fourth-order valence-electron chi connectivity index (χ4n) is 4.33. The topological polar surface area (TPSA) is 0 Å². The fraction of sp³-hybridized carbons (Fsp3) is 0.293. The molecule has 0 aliphatic heterocycles. The van der Waals surface area contributed by atoms with E-state index in [1.54, 1.807) is 0 Å². The van der Waals surface area contributed by atoms with E-state index in [1.807, 2.05) is 48.6 Å². The molecule has 0 nitrogen and oxygen atoms in total. The van der Waals surface area contributed by atoms with Crippen LogP contribution >= 0.6 is 0 Å². The molecule has 0 atom stereocenters. The van der Waals surface area contributed by atoms with E-state index >= 15 is 0 Å². The SMILES string of the molecule is CC(C)(C)c1[c-]c2c(cc1)-c1ccc(C(C)(C)C)cc1C2.Cc1c[c-]ccc1.Cc1c[c-]ccc1.[C-]1=CC=CC1.[CH2]=[Zr]. The van der Waals surface area contributed by atoms with Gasteiger partial charge in [0.2, 0.25) is 0 Å². The number of rotatable bonds is 0. The maximum atomic E-state index is 3.67. The second kappa shape index (κ2) is 17.3. The molecule has 0 aromatic heterocycles. The minimum atomic E-state index is 0.167. The molecule has 42 heavy (non-hydrogen) atoms. The zero-order chi connectivity index (χ0) is 31.2. The van der Waals surface area contributed by atoms with Gasteiger partial charge < -0.3 is 0 Å². The molecule has 0 amide bonds. The average Bonchev–Trinajstić information content (AvgIpc) is 3.66. The average molecular weight is 630 g/mol. The van der Waals surface area contributed by atoms with Gasteiger partial charge in [-0.2, -0.15) is 102 Å². The molecule has 0 N–H and O–H groups in total. The van der Waals surface area contributed by atoms with Gasteiger partial charge in [0.05, 0.1) is 0 Å². The van der Waals surface area contributed by atoms with Gasteiger partial charge in [0.15, 0.2) is 0 Å². The van der Waals surface area contributed by atoms with Crippen LogP contribution in [-0.4, -0.2) is 4.21 Å². The Kier molecular flexibility index (Phi) is 14.5. The van der Waals surface area contributed by atoms with E-state index in [0.29, 0.717) is 0 Å². The van der Waals surface area contributed by atoms with E-state index in [0.717, 1.165) is 12.8 Å². The zero-order valence-electron chi connectivity index (χ0n) is 26.9. The molecule has 0 saturated heterocycles. The minimum absolute atomic E-state index is 0.167. The van der Waals surface area contributed by atoms with Crippen LogP contribution in [0.5, 0.6) is 0 Å². The van der Waals surface area contributed by atoms with Crippen LogP contribution in [0, 0.1) is 38.1 Å². The molecule has 6 rings (SSSR count). The predicted molar refractivity (Wildman–Crippen MR) is 180 cm³/mol. The monoisotopic (exact) mass is 628 g/mol. The Morgan fingerprint density at radius 2 is 1.33 bits per heavy atom. The quantitative estimate of drug-likeness (QED) is 0.150. The first-order valence-electron chi connectivity index (χ1n) is 14.6. The van der Waals surface area contributed by atoms with Crippen LogP contribution in [0.1, 0.15) is 81.3 Å². The number of aryl methyl sites for hydroxylation is 2. The Hall–Kier alpha value is -2.89. The summed E-state index contributed by atoms with van der Waals surface area (Å²) in [6, 6.07) is 36.9. The molecule has 4 aromatic rings. The van der Waals surface area contributed by atoms with E-state index in [-0.39, 0.29) is 10.8 Å². The number of hydrogen-bond acceptors (Lipinski definition) is 0. The van der Waals surface area contributed by atoms with Crippen LogP contribution < -0.4 is 0 Å². The first-order valence-corrected chi connectivity index (χ1v) is 16.3. The van der Waals surface area contributed by atoms with Gasteiger partial charge in [0.1, 0.15) is 0 Å². The Morgan fingerprint density at radius 1 is 0.738 bits per heavy atom. The standard InChI is InChI=1S/C21H25.2C7H7.C5H5.CH2.Zr/c1-20(2,3)16-7-9-18-14(12-16)11-15-13-17(21(4,5)6)8-10-19(15)18;2*1-7-5-3-2-4-6-7;1-2-4-5-3-1;;/h7-10,12H,11H2,1-6H3;2*2-3,5-6H,1H3;1-3H,4H2;1H2;/q4*-1;;. The summed E-state index contributed by atoms with van der Waals surface area (Å²) in [5, 5.41) is 0. The molecule has 0 unspecified atom stereocenters. The third kappa shape index (κ3) is 11.8. The van der Waals surface area contributed by atoms with Gasteiger partial charge in [0, 0.05) is 0 Å². The van der Waals surface area contributed by atoms with Gasteiger partial charge in [0.25, 0.3) is 0 Å². The van der Waals surface area contributed by atoms with Crippen molar-refractivity contribution in [2.75, 3.05) is 0 Å². The van der Waals surface area contributed by atoms with Crippen LogP contribution in [0.3, 0.4) is 0 Å². The third-order valence-corrected chi connectivity index (χ3v) is 6.78. The molecule has 0 saturated carbocycles. The van der Waals surface area contributed by atoms with Crippen molar-refractivity contribution in [2.24, 2.45) is 0 Å². The fourth-order valence-corrected chi connectivity index (χ4v) is 4.33. The van der Waals surface area contributed by atoms with E-state index in [2.05, 4.69) is 132 Å². The second-order valence-electron chi connectivity index (χ2n) is 12.5. The van der Waals surface area contributed by atoms with Crippen molar-refractivity contribution in [3.63, 3.8) is 0 Å². The molecule has 0 spiro atoms. The van der Waals surface area contributed by atoms with Gasteiger partial charge in [-0.25, -0.2) is 12.2 Å². The molecule has 0 fully saturated rings. The summed E-state index contributed by atoms with van der Waals surface area (Å²) in [6.45, 7) is 17.7. The number of fused-ring (bicyclic) bond motifs is 3. The molecule has 0 radical (unpaired) electrons. The summed E-state index contributed by atoms with van der Waals surface area (Å²) in [4.78, 5) is 0. The van der Waals surface area contributed by atoms with Crippen molar-refractivity contribution in [3.8, 4) is 11.1 Å². The third-order valence-electron chi connectivity index (χ3n) is 6.78. The van der Waals surface area contributed by atoms with Gasteiger partial charge >= 0.3 is 28.4 Å². The van der Waals surface area contributed by atoms with E-state index < -0.39 is 0 Å². The van der Waals surface area contributed by atoms with E-state index in [4.69, 9.17) is 0 Å². The predicted octanol–water partition coefficient (Wildman–Crippen LogP) is 10.5. The van der Waals surface area contributed by atoms with Crippen molar-refractivity contribution < 1.29 is 24.2 Å². The van der Waals surface area contributed by atoms with Crippen LogP contribution in [0.4, 0.5) is 0 Å². The van der Waals surface area contributed by atoms with Crippen LogP contribution in [0.25, 0.3) is 11.1 Å². The summed E-state index contributed by atoms with van der Waals surface area (Å²) in [5.41, 5.74) is 11.2. The Balaban J connectivity index is 0.000000237. The van der Waals surface area contributed by atoms with Gasteiger partial charge in [-0.3, -0.25) is 6.08 Å². The Morgan fingerprint density at radius 3 is 1.71 bits per heavy atom. The van der Waals surface area contributed by atoms with Gasteiger partial charge in [-0.1, -0.05) is 79.2 Å². The maximum absolute atomic E-state index is 3.67. The van der Waals surface area contributed by atoms with Crippen LogP contribution in [0.15, 0.2) is 97.1 Å². The molecule has 4 aromatic carbocycles. The Bertz CT molecular complexity index is 1300. The van der Waals surface area contributed by atoms with Crippen molar-refractivity contribution in [3.05, 3.63) is 155 Å². The first kappa shape index (κ1) is 35.3. The number of benzene rings is 4. The van der Waals surface area contributed by atoms with E-state index in [1.165, 1.54) is 68.7 Å². The summed E-state index contributed by atoms with van der Waals surface area (Å²) in [7, 11) is 0. The van der Waals surface area contributed by atoms with Crippen LogP contribution in [-0.2, 0) is 41.5 Å². The molecule has 0 heterocycles. The summed E-state index contributed by atoms with van der Waals surface area (Å²) in [5.74, 6) is 0. The molecular weight excluding hydrogens is 584 g/mol. The number of hydrogen-bond donors (Lipinski definition) is 0. The number of allylic oxidation sites excluding steroid dienone is 4. The molecular formula is C41H46Zr-4. The summed E-state index contributed by atoms with van der Waals surface area (Å²) in [6.07, 6.45) is 11.0. The zero-order valence-corrected chi connectivity index (χ0v) is 29.3. The molecule has 0 bridgehead atoms. The van der Waals surface area contributed by atoms with Crippen molar-refractivity contribution in [2.45, 2.75) is 79.1 Å². The molecule has 218 valence electrons. The first-order chi connectivity index (χ1) is 19.9. The van der Waals surface area contributed by atoms with Gasteiger partial charge in [-0.15, -0.1) is 17.5 Å². The van der Waals surface area contributed by atoms with E-state index in [9.17, 15) is 0 Å². The molecule has 2 aliphatic rings. The Labute approximate surface area is 272 Å². The summed E-state index contributed by atoms with van der Waals surface area (Å²) < 4.78 is 3.34.